The number of cyclic esters (lactones) is 1. The molecular formula is C28H29FN4O8. The van der Waals surface area contributed by atoms with Crippen LogP contribution in [0.1, 0.15) is 56.4 Å². The van der Waals surface area contributed by atoms with Gasteiger partial charge < -0.3 is 34.9 Å². The Morgan fingerprint density at radius 2 is 1.95 bits per heavy atom. The average Bonchev–Trinajstić information content (AvgIpc) is 3.26. The van der Waals surface area contributed by atoms with Crippen LogP contribution in [-0.4, -0.2) is 49.9 Å². The van der Waals surface area contributed by atoms with Crippen molar-refractivity contribution in [3.05, 3.63) is 56.6 Å². The second kappa shape index (κ2) is 9.93. The summed E-state index contributed by atoms with van der Waals surface area (Å²) in [5.41, 5.74) is -1.51. The molecule has 0 saturated heterocycles. The van der Waals surface area contributed by atoms with E-state index in [2.05, 4.69) is 15.6 Å². The van der Waals surface area contributed by atoms with E-state index in [1.165, 1.54) is 16.7 Å². The van der Waals surface area contributed by atoms with E-state index >= 15 is 4.39 Å². The van der Waals surface area contributed by atoms with Crippen LogP contribution in [0.5, 0.6) is 0 Å². The van der Waals surface area contributed by atoms with Gasteiger partial charge in [0.1, 0.15) is 24.6 Å². The number of aliphatic hydroxyl groups excluding tert-OH is 1. The molecule has 0 bridgehead atoms. The van der Waals surface area contributed by atoms with Crippen molar-refractivity contribution in [2.24, 2.45) is 0 Å². The van der Waals surface area contributed by atoms with Crippen molar-refractivity contribution in [2.75, 3.05) is 11.9 Å². The number of anilines is 1. The largest absolute Gasteiger partial charge is 0.458 e. The fraction of sp³-hybridized carbons (Fsp3) is 0.393. The summed E-state index contributed by atoms with van der Waals surface area (Å²) in [6, 6.07) is 3.94. The van der Waals surface area contributed by atoms with Crippen LogP contribution < -0.4 is 16.2 Å². The molecule has 0 saturated carbocycles. The Bertz CT molecular complexity index is 1690. The first-order chi connectivity index (χ1) is 19.3. The summed E-state index contributed by atoms with van der Waals surface area (Å²) in [6.45, 7) is 5.40. The fourth-order valence-electron chi connectivity index (χ4n) is 5.12. The van der Waals surface area contributed by atoms with Gasteiger partial charge in [-0.15, -0.1) is 0 Å². The molecule has 2 amide bonds. The number of carbonyl (C=O) groups excluding carboxylic acids is 3. The van der Waals surface area contributed by atoms with Gasteiger partial charge in [-0.1, -0.05) is 6.92 Å². The van der Waals surface area contributed by atoms with E-state index in [0.717, 1.165) is 6.07 Å². The van der Waals surface area contributed by atoms with Gasteiger partial charge >= 0.3 is 12.1 Å². The highest BCUT2D eigenvalue weighted by Gasteiger charge is 2.45. The monoisotopic (exact) mass is 568 g/mol. The second-order valence-electron chi connectivity index (χ2n) is 10.9. The maximum Gasteiger partial charge on any atom is 0.408 e. The number of nitrogens with zero attached hydrogens (tertiary/aromatic N) is 2. The van der Waals surface area contributed by atoms with Crippen LogP contribution >= 0.6 is 0 Å². The zero-order valence-electron chi connectivity index (χ0n) is 22.9. The molecule has 3 aromatic rings. The van der Waals surface area contributed by atoms with Gasteiger partial charge in [0.05, 0.1) is 41.3 Å². The van der Waals surface area contributed by atoms with Crippen LogP contribution in [0.4, 0.5) is 14.9 Å². The molecule has 13 heteroatoms. The molecule has 0 aliphatic carbocycles. The Kier molecular flexibility index (Phi) is 6.82. The minimum atomic E-state index is -2.00. The lowest BCUT2D eigenvalue weighted by Crippen LogP contribution is -2.44. The van der Waals surface area contributed by atoms with E-state index in [9.17, 15) is 29.4 Å². The first-order valence-corrected chi connectivity index (χ1v) is 13.0. The van der Waals surface area contributed by atoms with Crippen molar-refractivity contribution < 1.29 is 38.5 Å². The van der Waals surface area contributed by atoms with Gasteiger partial charge in [0, 0.05) is 22.6 Å². The smallest absolute Gasteiger partial charge is 0.408 e. The van der Waals surface area contributed by atoms with Gasteiger partial charge in [0.15, 0.2) is 5.60 Å². The van der Waals surface area contributed by atoms with Gasteiger partial charge in [-0.2, -0.15) is 0 Å². The molecule has 2 aliphatic heterocycles. The number of nitrogens with one attached hydrogen (secondary N) is 2. The summed E-state index contributed by atoms with van der Waals surface area (Å²) in [4.78, 5) is 54.6. The maximum atomic E-state index is 15.1. The maximum absolute atomic E-state index is 15.1. The number of fused-ring (bicyclic) bond motifs is 5. The Morgan fingerprint density at radius 3 is 2.61 bits per heavy atom. The van der Waals surface area contributed by atoms with Gasteiger partial charge in [-0.25, -0.2) is 19.0 Å². The van der Waals surface area contributed by atoms with Crippen molar-refractivity contribution in [1.29, 1.82) is 0 Å². The Morgan fingerprint density at radius 1 is 1.22 bits per heavy atom. The number of aliphatic hydroxyl groups is 2. The number of ether oxygens (including phenoxy) is 2. The molecule has 0 unspecified atom stereocenters. The standard InChI is InChI=1S/C28H29FN4O8/c1-5-28(39)17-7-21-23-14(10-33(21)24(36)16(17)12-40-25(28)37)15(11-34)13-6-20(18(29)8-19(13)32-23)31-22(35)9-30-26(38)41-27(2,3)4/h6-8,34,39H,5,9-12H2,1-4H3,(H,30,38)(H,31,35)/t28-/m0/s1. The van der Waals surface area contributed by atoms with Gasteiger partial charge in [0.2, 0.25) is 5.91 Å². The first-order valence-electron chi connectivity index (χ1n) is 13.0. The molecule has 1 aromatic carbocycles. The lowest BCUT2D eigenvalue weighted by Gasteiger charge is -2.31. The molecule has 2 aliphatic rings. The summed E-state index contributed by atoms with van der Waals surface area (Å²) in [5, 5.41) is 26.4. The summed E-state index contributed by atoms with van der Waals surface area (Å²) in [7, 11) is 0. The number of hydrogen-bond acceptors (Lipinski definition) is 9. The zero-order chi connectivity index (χ0) is 29.9. The normalized spacial score (nSPS) is 17.4. The predicted molar refractivity (Wildman–Crippen MR) is 143 cm³/mol. The number of hydrogen-bond donors (Lipinski definition) is 4. The van der Waals surface area contributed by atoms with Crippen molar-refractivity contribution in [1.82, 2.24) is 14.9 Å². The van der Waals surface area contributed by atoms with Crippen molar-refractivity contribution in [3.8, 4) is 11.4 Å². The number of rotatable bonds is 5. The molecule has 1 atom stereocenters. The summed E-state index contributed by atoms with van der Waals surface area (Å²) in [5.74, 6) is -2.38. The third-order valence-corrected chi connectivity index (χ3v) is 7.12. The molecule has 41 heavy (non-hydrogen) atoms. The minimum Gasteiger partial charge on any atom is -0.458 e. The Labute approximate surface area is 233 Å². The molecule has 0 spiro atoms. The Balaban J connectivity index is 1.52. The van der Waals surface area contributed by atoms with E-state index in [4.69, 9.17) is 9.47 Å². The van der Waals surface area contributed by atoms with Crippen molar-refractivity contribution in [2.45, 2.75) is 65.1 Å². The molecule has 0 fully saturated rings. The molecular weight excluding hydrogens is 539 g/mol. The third kappa shape index (κ3) is 4.80. The van der Waals surface area contributed by atoms with Crippen LogP contribution in [0.15, 0.2) is 23.0 Å². The minimum absolute atomic E-state index is 0.0192. The van der Waals surface area contributed by atoms with E-state index in [1.54, 1.807) is 27.7 Å². The number of carbonyl (C=O) groups is 3. The number of aromatic nitrogens is 2. The molecule has 4 N–H and O–H groups in total. The van der Waals surface area contributed by atoms with E-state index in [-0.39, 0.29) is 41.9 Å². The molecule has 216 valence electrons. The Hall–Kier alpha value is -4.36. The number of pyridine rings is 2. The predicted octanol–water partition coefficient (Wildman–Crippen LogP) is 2.17. The topological polar surface area (TPSA) is 169 Å². The number of amides is 2. The van der Waals surface area contributed by atoms with Crippen molar-refractivity contribution in [3.63, 3.8) is 0 Å². The zero-order valence-corrected chi connectivity index (χ0v) is 22.9. The summed E-state index contributed by atoms with van der Waals surface area (Å²) < 4.78 is 26.7. The lowest BCUT2D eigenvalue weighted by molar-refractivity contribution is -0.172. The van der Waals surface area contributed by atoms with Crippen LogP contribution in [0, 0.1) is 5.82 Å². The summed E-state index contributed by atoms with van der Waals surface area (Å²) in [6.07, 6.45) is -0.826. The van der Waals surface area contributed by atoms with Gasteiger partial charge in [-0.05, 0) is 44.9 Å². The fourth-order valence-corrected chi connectivity index (χ4v) is 5.12. The average molecular weight is 569 g/mol. The number of benzene rings is 1. The number of esters is 1. The van der Waals surface area contributed by atoms with Crippen molar-refractivity contribution >= 4 is 34.6 Å². The first kappa shape index (κ1) is 28.2. The highest BCUT2D eigenvalue weighted by atomic mass is 19.1. The molecule has 2 aromatic heterocycles. The van der Waals surface area contributed by atoms with Gasteiger partial charge in [-0.3, -0.25) is 9.59 Å². The van der Waals surface area contributed by atoms with Crippen LogP contribution in [0.3, 0.4) is 0 Å². The highest BCUT2D eigenvalue weighted by Crippen LogP contribution is 2.40. The quantitative estimate of drug-likeness (QED) is 0.264. The second-order valence-corrected chi connectivity index (χ2v) is 10.9. The third-order valence-electron chi connectivity index (χ3n) is 7.12. The summed E-state index contributed by atoms with van der Waals surface area (Å²) >= 11 is 0. The highest BCUT2D eigenvalue weighted by molar-refractivity contribution is 5.97. The van der Waals surface area contributed by atoms with Crippen LogP contribution in [-0.2, 0) is 44.4 Å². The molecule has 5 rings (SSSR count). The van der Waals surface area contributed by atoms with E-state index in [1.807, 2.05) is 0 Å². The molecule has 0 radical (unpaired) electrons. The van der Waals surface area contributed by atoms with E-state index < -0.39 is 53.7 Å². The SMILES string of the molecule is CC[C@@]1(O)C(=O)OCc2c1cc1n(c2=O)Cc2c-1nc1cc(F)c(NC(=O)CNC(=O)OC(C)(C)C)cc1c2CO. The molecule has 12 nitrogen and oxygen atoms in total. The van der Waals surface area contributed by atoms with Gasteiger partial charge in [0.25, 0.3) is 5.56 Å². The molecule has 4 heterocycles. The lowest BCUT2D eigenvalue weighted by atomic mass is 9.86. The number of alkyl carbamates (subject to hydrolysis) is 1. The van der Waals surface area contributed by atoms with Crippen LogP contribution in [0.25, 0.3) is 22.3 Å². The van der Waals surface area contributed by atoms with E-state index in [0.29, 0.717) is 27.9 Å². The number of halogens is 1. The van der Waals surface area contributed by atoms with Crippen LogP contribution in [0.2, 0.25) is 0 Å².